The number of nitrogen functional groups attached to an aromatic ring is 1. The predicted molar refractivity (Wildman–Crippen MR) is 45.6 cm³/mol. The highest BCUT2D eigenvalue weighted by atomic mass is 16.6. The Labute approximate surface area is 69.3 Å². The number of nitrogens with two attached hydrogens (primary N) is 1. The zero-order chi connectivity index (χ0) is 9.14. The minimum absolute atomic E-state index is 0.0745. The lowest BCUT2D eigenvalue weighted by Crippen LogP contribution is -2.07. The van der Waals surface area contributed by atoms with Gasteiger partial charge in [0.15, 0.2) is 0 Å². The summed E-state index contributed by atoms with van der Waals surface area (Å²) >= 11 is 0. The highest BCUT2D eigenvalue weighted by Gasteiger charge is 2.09. The summed E-state index contributed by atoms with van der Waals surface area (Å²) in [6.07, 6.45) is 0. The lowest BCUT2D eigenvalue weighted by molar-refractivity contribution is -0.385. The molecule has 3 N–H and O–H groups in total. The van der Waals surface area contributed by atoms with Crippen LogP contribution in [0.25, 0.3) is 0 Å². The van der Waals surface area contributed by atoms with Crippen LogP contribution in [-0.4, -0.2) is 4.92 Å². The van der Waals surface area contributed by atoms with Crippen LogP contribution in [0.3, 0.4) is 0 Å². The number of aryl methyl sites for hydroxylation is 1. The third-order valence-electron chi connectivity index (χ3n) is 1.57. The van der Waals surface area contributed by atoms with E-state index in [1.165, 1.54) is 6.07 Å². The first-order valence-corrected chi connectivity index (χ1v) is 3.37. The molecule has 1 aromatic carbocycles. The molecule has 0 aliphatic carbocycles. The summed E-state index contributed by atoms with van der Waals surface area (Å²) in [5.41, 5.74) is 3.58. The monoisotopic (exact) mass is 167 g/mol. The van der Waals surface area contributed by atoms with E-state index >= 15 is 0 Å². The zero-order valence-corrected chi connectivity index (χ0v) is 6.57. The molecule has 0 aromatic heterocycles. The van der Waals surface area contributed by atoms with Crippen LogP contribution in [0, 0.1) is 17.0 Å². The van der Waals surface area contributed by atoms with Crippen molar-refractivity contribution in [3.63, 3.8) is 0 Å². The fourth-order valence-electron chi connectivity index (χ4n) is 0.896. The molecular formula is C7H9N3O2. The molecule has 0 saturated carbocycles. The summed E-state index contributed by atoms with van der Waals surface area (Å²) in [6, 6.07) is 4.73. The molecule has 0 aliphatic heterocycles. The van der Waals surface area contributed by atoms with E-state index in [9.17, 15) is 10.1 Å². The minimum atomic E-state index is -0.434. The van der Waals surface area contributed by atoms with Crippen molar-refractivity contribution in [1.29, 1.82) is 0 Å². The second-order valence-electron chi connectivity index (χ2n) is 2.40. The first-order valence-electron chi connectivity index (χ1n) is 3.37. The highest BCUT2D eigenvalue weighted by Crippen LogP contribution is 2.21. The third kappa shape index (κ3) is 1.51. The van der Waals surface area contributed by atoms with Crippen LogP contribution in [0.4, 0.5) is 11.4 Å². The maximum atomic E-state index is 10.4. The van der Waals surface area contributed by atoms with Crippen LogP contribution in [0.1, 0.15) is 5.56 Å². The van der Waals surface area contributed by atoms with E-state index in [4.69, 9.17) is 5.84 Å². The summed E-state index contributed by atoms with van der Waals surface area (Å²) in [5, 5.41) is 10.4. The van der Waals surface area contributed by atoms with Crippen molar-refractivity contribution >= 4 is 11.4 Å². The number of nitrogens with one attached hydrogen (secondary N) is 1. The van der Waals surface area contributed by atoms with Crippen molar-refractivity contribution in [2.45, 2.75) is 6.92 Å². The van der Waals surface area contributed by atoms with Gasteiger partial charge in [-0.2, -0.15) is 0 Å². The molecule has 0 saturated heterocycles. The molecule has 0 amide bonds. The van der Waals surface area contributed by atoms with Gasteiger partial charge in [-0.25, -0.2) is 0 Å². The second-order valence-corrected chi connectivity index (χ2v) is 2.40. The van der Waals surface area contributed by atoms with Crippen molar-refractivity contribution in [1.82, 2.24) is 0 Å². The van der Waals surface area contributed by atoms with Crippen LogP contribution >= 0.6 is 0 Å². The number of nitrogens with zero attached hydrogens (tertiary/aromatic N) is 1. The number of anilines is 1. The van der Waals surface area contributed by atoms with Crippen LogP contribution in [-0.2, 0) is 0 Å². The van der Waals surface area contributed by atoms with Gasteiger partial charge >= 0.3 is 0 Å². The average Bonchev–Trinajstić information content (AvgIpc) is 2.05. The van der Waals surface area contributed by atoms with Gasteiger partial charge in [-0.05, 0) is 13.0 Å². The number of hydrogen-bond acceptors (Lipinski definition) is 4. The fraction of sp³-hybridized carbons (Fsp3) is 0.143. The van der Waals surface area contributed by atoms with Gasteiger partial charge in [0.05, 0.1) is 10.6 Å². The van der Waals surface area contributed by atoms with E-state index in [1.807, 2.05) is 0 Å². The molecule has 0 spiro atoms. The highest BCUT2D eigenvalue weighted by molar-refractivity contribution is 5.54. The molecule has 12 heavy (non-hydrogen) atoms. The molecule has 5 heteroatoms. The fourth-order valence-corrected chi connectivity index (χ4v) is 0.896. The molecule has 0 radical (unpaired) electrons. The molecule has 0 atom stereocenters. The first kappa shape index (κ1) is 8.48. The molecule has 0 bridgehead atoms. The van der Waals surface area contributed by atoms with Gasteiger partial charge < -0.3 is 5.43 Å². The van der Waals surface area contributed by atoms with E-state index < -0.39 is 4.92 Å². The molecular weight excluding hydrogens is 158 g/mol. The van der Waals surface area contributed by atoms with Gasteiger partial charge in [0.2, 0.25) is 0 Å². The second kappa shape index (κ2) is 3.19. The average molecular weight is 167 g/mol. The maximum Gasteiger partial charge on any atom is 0.274 e. The van der Waals surface area contributed by atoms with Crippen LogP contribution < -0.4 is 11.3 Å². The predicted octanol–water partition coefficient (Wildman–Crippen LogP) is 1.19. The number of nitro groups is 1. The van der Waals surface area contributed by atoms with Gasteiger partial charge in [-0.1, -0.05) is 6.07 Å². The van der Waals surface area contributed by atoms with Gasteiger partial charge in [-0.3, -0.25) is 16.0 Å². The van der Waals surface area contributed by atoms with Crippen molar-refractivity contribution < 1.29 is 4.92 Å². The Bertz CT molecular complexity index is 312. The van der Waals surface area contributed by atoms with E-state index in [-0.39, 0.29) is 5.69 Å². The van der Waals surface area contributed by atoms with Crippen LogP contribution in [0.5, 0.6) is 0 Å². The quantitative estimate of drug-likeness (QED) is 0.394. The molecule has 1 rings (SSSR count). The Morgan fingerprint density at radius 2 is 2.25 bits per heavy atom. The summed E-state index contributed by atoms with van der Waals surface area (Å²) in [7, 11) is 0. The van der Waals surface area contributed by atoms with Crippen LogP contribution in [0.2, 0.25) is 0 Å². The van der Waals surface area contributed by atoms with Crippen molar-refractivity contribution in [3.8, 4) is 0 Å². The maximum absolute atomic E-state index is 10.4. The topological polar surface area (TPSA) is 81.2 Å². The van der Waals surface area contributed by atoms with E-state index in [0.29, 0.717) is 11.3 Å². The Morgan fingerprint density at radius 1 is 1.58 bits per heavy atom. The zero-order valence-electron chi connectivity index (χ0n) is 6.57. The standard InChI is InChI=1S/C7H9N3O2/c1-5-2-3-6(9-8)4-7(5)10(11)12/h2-4,9H,8H2,1H3. The lowest BCUT2D eigenvalue weighted by Gasteiger charge is -2.00. The molecule has 0 unspecified atom stereocenters. The van der Waals surface area contributed by atoms with Crippen molar-refractivity contribution in [2.24, 2.45) is 5.84 Å². The van der Waals surface area contributed by atoms with Gasteiger partial charge in [0.1, 0.15) is 0 Å². The number of hydrogen-bond donors (Lipinski definition) is 2. The molecule has 1 aromatic rings. The molecule has 0 fully saturated rings. The molecule has 64 valence electrons. The van der Waals surface area contributed by atoms with Crippen molar-refractivity contribution in [2.75, 3.05) is 5.43 Å². The summed E-state index contributed by atoms with van der Waals surface area (Å²) in [4.78, 5) is 9.99. The Balaban J connectivity index is 3.17. The number of nitro benzene ring substituents is 1. The molecule has 5 nitrogen and oxygen atoms in total. The molecule has 0 aliphatic rings. The SMILES string of the molecule is Cc1ccc(NN)cc1[N+](=O)[O-]. The Hall–Kier alpha value is -1.62. The number of rotatable bonds is 2. The van der Waals surface area contributed by atoms with Crippen molar-refractivity contribution in [3.05, 3.63) is 33.9 Å². The largest absolute Gasteiger partial charge is 0.324 e. The minimum Gasteiger partial charge on any atom is -0.324 e. The summed E-state index contributed by atoms with van der Waals surface area (Å²) in [6.45, 7) is 1.68. The van der Waals surface area contributed by atoms with E-state index in [0.717, 1.165) is 0 Å². The molecule has 0 heterocycles. The summed E-state index contributed by atoms with van der Waals surface area (Å²) in [5.74, 6) is 5.10. The van der Waals surface area contributed by atoms with E-state index in [2.05, 4.69) is 5.43 Å². The number of benzene rings is 1. The van der Waals surface area contributed by atoms with E-state index in [1.54, 1.807) is 19.1 Å². The Kier molecular flexibility index (Phi) is 2.25. The normalized spacial score (nSPS) is 9.50. The Morgan fingerprint density at radius 3 is 2.75 bits per heavy atom. The smallest absolute Gasteiger partial charge is 0.274 e. The number of hydrazine groups is 1. The lowest BCUT2D eigenvalue weighted by atomic mass is 10.2. The first-order chi connectivity index (χ1) is 5.65. The van der Waals surface area contributed by atoms with Gasteiger partial charge in [-0.15, -0.1) is 0 Å². The third-order valence-corrected chi connectivity index (χ3v) is 1.57. The van der Waals surface area contributed by atoms with Gasteiger partial charge in [0, 0.05) is 11.6 Å². The van der Waals surface area contributed by atoms with Gasteiger partial charge in [0.25, 0.3) is 5.69 Å². The van der Waals surface area contributed by atoms with Crippen LogP contribution in [0.15, 0.2) is 18.2 Å². The summed E-state index contributed by atoms with van der Waals surface area (Å²) < 4.78 is 0.